The lowest BCUT2D eigenvalue weighted by Gasteiger charge is -2.32. The van der Waals surface area contributed by atoms with Crippen LogP contribution in [0.5, 0.6) is 0 Å². The summed E-state index contributed by atoms with van der Waals surface area (Å²) in [5.41, 5.74) is 0.459. The molecule has 1 amide bonds. The normalized spacial score (nSPS) is 19.3. The Hall–Kier alpha value is -1.36. The Balaban J connectivity index is 2.71. The molecule has 0 atom stereocenters. The first-order valence-corrected chi connectivity index (χ1v) is 5.32. The van der Waals surface area contributed by atoms with Gasteiger partial charge in [0.2, 0.25) is 5.91 Å². The van der Waals surface area contributed by atoms with Crippen LogP contribution in [0.25, 0.3) is 0 Å². The molecule has 0 bridgehead atoms. The van der Waals surface area contributed by atoms with Gasteiger partial charge in [-0.15, -0.1) is 0 Å². The Morgan fingerprint density at radius 2 is 1.50 bits per heavy atom. The number of carbonyl (C=O) groups is 2. The van der Waals surface area contributed by atoms with Crippen LogP contribution in [0.4, 0.5) is 0 Å². The van der Waals surface area contributed by atoms with E-state index in [2.05, 4.69) is 4.90 Å². The van der Waals surface area contributed by atoms with Gasteiger partial charge in [-0.2, -0.15) is 0 Å². The Morgan fingerprint density at radius 1 is 1.00 bits per heavy atom. The molecule has 0 aromatic heterocycles. The van der Waals surface area contributed by atoms with E-state index in [0.29, 0.717) is 18.7 Å². The lowest BCUT2D eigenvalue weighted by molar-refractivity contribution is -0.134. The zero-order valence-corrected chi connectivity index (χ0v) is 9.99. The minimum atomic E-state index is -1.03. The second-order valence-corrected chi connectivity index (χ2v) is 4.15. The molecule has 0 radical (unpaired) electrons. The lowest BCUT2D eigenvalue weighted by atomic mass is 10.1. The zero-order valence-electron chi connectivity index (χ0n) is 9.99. The van der Waals surface area contributed by atoms with E-state index in [1.807, 2.05) is 7.05 Å². The van der Waals surface area contributed by atoms with Crippen molar-refractivity contribution in [2.24, 2.45) is 0 Å². The number of aliphatic carboxylic acids is 1. The van der Waals surface area contributed by atoms with Crippen molar-refractivity contribution in [2.75, 3.05) is 33.2 Å². The number of hydrogen-bond donors (Lipinski definition) is 1. The van der Waals surface area contributed by atoms with Crippen LogP contribution in [0.15, 0.2) is 11.1 Å². The predicted octanol–water partition coefficient (Wildman–Crippen LogP) is 0.181. The van der Waals surface area contributed by atoms with Crippen molar-refractivity contribution in [3.8, 4) is 0 Å². The van der Waals surface area contributed by atoms with Crippen LogP contribution in [0, 0.1) is 0 Å². The summed E-state index contributed by atoms with van der Waals surface area (Å²) in [7, 11) is 2.01. The van der Waals surface area contributed by atoms with Crippen molar-refractivity contribution in [3.63, 3.8) is 0 Å². The molecule has 90 valence electrons. The van der Waals surface area contributed by atoms with Gasteiger partial charge in [-0.25, -0.2) is 4.79 Å². The van der Waals surface area contributed by atoms with Crippen LogP contribution in [0.1, 0.15) is 13.8 Å². The maximum Gasteiger partial charge on any atom is 0.331 e. The molecule has 5 heteroatoms. The maximum atomic E-state index is 11.9. The van der Waals surface area contributed by atoms with Crippen LogP contribution >= 0.6 is 0 Å². The van der Waals surface area contributed by atoms with Gasteiger partial charge in [0.25, 0.3) is 0 Å². The Bertz CT molecular complexity index is 328. The van der Waals surface area contributed by atoms with Crippen molar-refractivity contribution in [1.82, 2.24) is 9.80 Å². The number of nitrogens with zero attached hydrogens (tertiary/aromatic N) is 2. The van der Waals surface area contributed by atoms with E-state index in [-0.39, 0.29) is 11.5 Å². The predicted molar refractivity (Wildman–Crippen MR) is 60.1 cm³/mol. The highest BCUT2D eigenvalue weighted by molar-refractivity contribution is 6.01. The van der Waals surface area contributed by atoms with Crippen LogP contribution in [-0.2, 0) is 9.59 Å². The monoisotopic (exact) mass is 226 g/mol. The molecule has 1 fully saturated rings. The molecule has 1 saturated heterocycles. The topological polar surface area (TPSA) is 60.9 Å². The van der Waals surface area contributed by atoms with Gasteiger partial charge in [0.1, 0.15) is 0 Å². The fraction of sp³-hybridized carbons (Fsp3) is 0.636. The number of likely N-dealkylation sites (N-methyl/N-ethyl adjacent to an activating group) is 1. The average molecular weight is 226 g/mol. The Labute approximate surface area is 95.3 Å². The van der Waals surface area contributed by atoms with Gasteiger partial charge in [-0.3, -0.25) is 4.79 Å². The van der Waals surface area contributed by atoms with Crippen molar-refractivity contribution in [1.29, 1.82) is 0 Å². The minimum Gasteiger partial charge on any atom is -0.478 e. The molecule has 1 rings (SSSR count). The summed E-state index contributed by atoms with van der Waals surface area (Å²) in [6, 6.07) is 0. The second kappa shape index (κ2) is 5.12. The molecule has 0 aromatic carbocycles. The van der Waals surface area contributed by atoms with E-state index >= 15 is 0 Å². The number of carboxylic acid groups (broad SMARTS) is 1. The van der Waals surface area contributed by atoms with Crippen molar-refractivity contribution in [2.45, 2.75) is 13.8 Å². The smallest absolute Gasteiger partial charge is 0.331 e. The summed E-state index contributed by atoms with van der Waals surface area (Å²) in [6.07, 6.45) is 0. The fourth-order valence-corrected chi connectivity index (χ4v) is 1.57. The van der Waals surface area contributed by atoms with Gasteiger partial charge < -0.3 is 14.9 Å². The molecule has 0 saturated carbocycles. The first kappa shape index (κ1) is 12.7. The van der Waals surface area contributed by atoms with E-state index in [1.54, 1.807) is 11.8 Å². The molecule has 5 nitrogen and oxygen atoms in total. The summed E-state index contributed by atoms with van der Waals surface area (Å²) in [5.74, 6) is -1.19. The number of carboxylic acids is 1. The molecule has 0 unspecified atom stereocenters. The summed E-state index contributed by atoms with van der Waals surface area (Å²) >= 11 is 0. The molecule has 0 aromatic rings. The molecule has 0 spiro atoms. The largest absolute Gasteiger partial charge is 0.478 e. The van der Waals surface area contributed by atoms with Gasteiger partial charge in [0.05, 0.1) is 0 Å². The van der Waals surface area contributed by atoms with E-state index < -0.39 is 5.97 Å². The summed E-state index contributed by atoms with van der Waals surface area (Å²) in [4.78, 5) is 26.5. The van der Waals surface area contributed by atoms with E-state index in [0.717, 1.165) is 13.1 Å². The Morgan fingerprint density at radius 3 is 1.94 bits per heavy atom. The fourth-order valence-electron chi connectivity index (χ4n) is 1.57. The third kappa shape index (κ3) is 2.82. The van der Waals surface area contributed by atoms with Crippen LogP contribution in [-0.4, -0.2) is 60.0 Å². The number of piperazine rings is 1. The van der Waals surface area contributed by atoms with Crippen molar-refractivity contribution in [3.05, 3.63) is 11.1 Å². The molecule has 1 N–H and O–H groups in total. The highest BCUT2D eigenvalue weighted by Crippen LogP contribution is 2.10. The molecule has 0 aliphatic carbocycles. The summed E-state index contributed by atoms with van der Waals surface area (Å²) in [5, 5.41) is 8.80. The average Bonchev–Trinajstić information content (AvgIpc) is 2.27. The molecule has 1 aliphatic heterocycles. The van der Waals surface area contributed by atoms with Gasteiger partial charge in [-0.1, -0.05) is 0 Å². The third-order valence-corrected chi connectivity index (χ3v) is 2.99. The lowest BCUT2D eigenvalue weighted by Crippen LogP contribution is -2.47. The quantitative estimate of drug-likeness (QED) is 0.682. The van der Waals surface area contributed by atoms with Gasteiger partial charge in [0.15, 0.2) is 0 Å². The Kier molecular flexibility index (Phi) is 4.06. The number of carbonyl (C=O) groups excluding carboxylic acids is 1. The molecule has 1 heterocycles. The van der Waals surface area contributed by atoms with E-state index in [1.165, 1.54) is 6.92 Å². The van der Waals surface area contributed by atoms with E-state index in [9.17, 15) is 9.59 Å². The molecule has 1 aliphatic rings. The maximum absolute atomic E-state index is 11.9. The standard InChI is InChI=1S/C11H18N2O3/c1-8(9(2)11(15)16)10(14)13-6-4-12(3)5-7-13/h4-7H2,1-3H3,(H,15,16). The third-order valence-electron chi connectivity index (χ3n) is 2.99. The van der Waals surface area contributed by atoms with Gasteiger partial charge in [-0.05, 0) is 20.9 Å². The summed E-state index contributed by atoms with van der Waals surface area (Å²) in [6.45, 7) is 6.05. The van der Waals surface area contributed by atoms with Crippen molar-refractivity contribution >= 4 is 11.9 Å². The summed E-state index contributed by atoms with van der Waals surface area (Å²) < 4.78 is 0. The molecular formula is C11H18N2O3. The van der Waals surface area contributed by atoms with Crippen LogP contribution in [0.2, 0.25) is 0 Å². The SMILES string of the molecule is CC(C(=O)O)=C(C)C(=O)N1CCN(C)CC1. The molecule has 16 heavy (non-hydrogen) atoms. The second-order valence-electron chi connectivity index (χ2n) is 4.15. The molecular weight excluding hydrogens is 208 g/mol. The number of hydrogen-bond acceptors (Lipinski definition) is 3. The first-order chi connectivity index (χ1) is 7.43. The minimum absolute atomic E-state index is 0.129. The van der Waals surface area contributed by atoms with E-state index in [4.69, 9.17) is 5.11 Å². The highest BCUT2D eigenvalue weighted by atomic mass is 16.4. The van der Waals surface area contributed by atoms with Crippen LogP contribution < -0.4 is 0 Å². The van der Waals surface area contributed by atoms with Crippen molar-refractivity contribution < 1.29 is 14.7 Å². The van der Waals surface area contributed by atoms with Gasteiger partial charge >= 0.3 is 5.97 Å². The first-order valence-electron chi connectivity index (χ1n) is 5.32. The highest BCUT2D eigenvalue weighted by Gasteiger charge is 2.22. The zero-order chi connectivity index (χ0) is 12.3. The number of rotatable bonds is 2. The van der Waals surface area contributed by atoms with Gasteiger partial charge in [0, 0.05) is 37.3 Å². The number of amides is 1. The van der Waals surface area contributed by atoms with Crippen LogP contribution in [0.3, 0.4) is 0 Å².